The minimum atomic E-state index is -0.814. The number of carboxylic acid groups (broad SMARTS) is 1. The summed E-state index contributed by atoms with van der Waals surface area (Å²) in [4.78, 5) is 10.9. The summed E-state index contributed by atoms with van der Waals surface area (Å²) in [5.41, 5.74) is 0. The van der Waals surface area contributed by atoms with E-state index in [0.717, 1.165) is 4.90 Å². The minimum Gasteiger partial charge on any atom is -0.481 e. The molecule has 0 amide bonds. The number of carbonyl (C=O) groups is 1. The summed E-state index contributed by atoms with van der Waals surface area (Å²) in [6.45, 7) is 0. The first kappa shape index (κ1) is 7.14. The van der Waals surface area contributed by atoms with Gasteiger partial charge in [-0.1, -0.05) is 0 Å². The van der Waals surface area contributed by atoms with Gasteiger partial charge in [0.1, 0.15) is 0 Å². The van der Waals surface area contributed by atoms with Crippen molar-refractivity contribution in [3.8, 4) is 0 Å². The van der Waals surface area contributed by atoms with Crippen LogP contribution in [0.5, 0.6) is 0 Å². The highest BCUT2D eigenvalue weighted by Crippen LogP contribution is 2.13. The second kappa shape index (κ2) is 3.26. The average Bonchev–Trinajstić information content (AvgIpc) is 2.34. The Bertz CT molecular complexity index is 209. The fourth-order valence-corrected chi connectivity index (χ4v) is 1.02. The van der Waals surface area contributed by atoms with Gasteiger partial charge in [-0.25, -0.2) is 0 Å². The summed E-state index contributed by atoms with van der Waals surface area (Å²) in [6.07, 6.45) is 3.25. The quantitative estimate of drug-likeness (QED) is 0.632. The lowest BCUT2D eigenvalue weighted by atomic mass is 10.7. The van der Waals surface area contributed by atoms with Gasteiger partial charge in [0.2, 0.25) is 0 Å². The molecule has 0 saturated heterocycles. The number of carboxylic acids is 1. The van der Waals surface area contributed by atoms with Gasteiger partial charge in [0.25, 0.3) is 0 Å². The highest BCUT2D eigenvalue weighted by atomic mass is 32.2. The third-order valence-electron chi connectivity index (χ3n) is 0.835. The first-order valence-electron chi connectivity index (χ1n) is 2.62. The first-order chi connectivity index (χ1) is 4.79. The summed E-state index contributed by atoms with van der Waals surface area (Å²) < 4.78 is 0. The van der Waals surface area contributed by atoms with Gasteiger partial charge in [-0.2, -0.15) is 5.10 Å². The van der Waals surface area contributed by atoms with Gasteiger partial charge >= 0.3 is 5.97 Å². The highest BCUT2D eigenvalue weighted by molar-refractivity contribution is 8.00. The Kier molecular flexibility index (Phi) is 2.33. The number of hydrogen-bond donors (Lipinski definition) is 2. The number of rotatable bonds is 3. The molecule has 0 atom stereocenters. The number of hydrogen-bond acceptors (Lipinski definition) is 3. The molecule has 54 valence electrons. The van der Waals surface area contributed by atoms with Crippen molar-refractivity contribution < 1.29 is 9.90 Å². The van der Waals surface area contributed by atoms with Crippen LogP contribution in [0.4, 0.5) is 0 Å². The molecular formula is C5H6N2O2S. The minimum absolute atomic E-state index is 0.0829. The number of aromatic amines is 1. The molecule has 4 nitrogen and oxygen atoms in total. The zero-order chi connectivity index (χ0) is 7.40. The lowest BCUT2D eigenvalue weighted by Gasteiger charge is -1.88. The topological polar surface area (TPSA) is 66.0 Å². The molecule has 1 rings (SSSR count). The van der Waals surface area contributed by atoms with E-state index in [1.54, 1.807) is 12.4 Å². The Morgan fingerprint density at radius 3 is 3.20 bits per heavy atom. The number of H-pyrrole nitrogens is 1. The van der Waals surface area contributed by atoms with E-state index < -0.39 is 5.97 Å². The number of nitrogens with one attached hydrogen (secondary N) is 1. The van der Waals surface area contributed by atoms with Gasteiger partial charge in [0.15, 0.2) is 0 Å². The largest absolute Gasteiger partial charge is 0.481 e. The van der Waals surface area contributed by atoms with Gasteiger partial charge in [-0.05, 0) is 0 Å². The number of aromatic nitrogens is 2. The van der Waals surface area contributed by atoms with Crippen LogP contribution in [0.25, 0.3) is 0 Å². The van der Waals surface area contributed by atoms with Crippen molar-refractivity contribution in [2.45, 2.75) is 4.90 Å². The van der Waals surface area contributed by atoms with Crippen LogP contribution in [0.2, 0.25) is 0 Å². The average molecular weight is 158 g/mol. The normalized spacial score (nSPS) is 9.60. The SMILES string of the molecule is O=C(O)CSc1cn[nH]c1. The van der Waals surface area contributed by atoms with Crippen LogP contribution in [0.15, 0.2) is 17.3 Å². The standard InChI is InChI=1S/C5H6N2O2S/c8-5(9)3-10-4-1-6-7-2-4/h1-2H,3H2,(H,6,7)(H,8,9). The lowest BCUT2D eigenvalue weighted by Crippen LogP contribution is -1.96. The molecule has 1 heterocycles. The lowest BCUT2D eigenvalue weighted by molar-refractivity contribution is -0.133. The molecule has 0 aromatic carbocycles. The second-order valence-corrected chi connectivity index (χ2v) is 2.67. The summed E-state index contributed by atoms with van der Waals surface area (Å²) >= 11 is 1.24. The van der Waals surface area contributed by atoms with E-state index in [1.165, 1.54) is 11.8 Å². The molecule has 0 unspecified atom stereocenters. The van der Waals surface area contributed by atoms with Crippen molar-refractivity contribution in [2.75, 3.05) is 5.75 Å². The van der Waals surface area contributed by atoms with Crippen LogP contribution in [-0.4, -0.2) is 27.0 Å². The van der Waals surface area contributed by atoms with Crippen LogP contribution in [-0.2, 0) is 4.79 Å². The van der Waals surface area contributed by atoms with Crippen molar-refractivity contribution >= 4 is 17.7 Å². The molecule has 0 aliphatic carbocycles. The third-order valence-corrected chi connectivity index (χ3v) is 1.78. The smallest absolute Gasteiger partial charge is 0.313 e. The van der Waals surface area contributed by atoms with Crippen LogP contribution < -0.4 is 0 Å². The molecule has 1 aromatic rings. The van der Waals surface area contributed by atoms with Gasteiger partial charge in [-0.15, -0.1) is 11.8 Å². The van der Waals surface area contributed by atoms with E-state index >= 15 is 0 Å². The van der Waals surface area contributed by atoms with Crippen molar-refractivity contribution in [2.24, 2.45) is 0 Å². The van der Waals surface area contributed by atoms with Gasteiger partial charge < -0.3 is 5.11 Å². The molecule has 2 N–H and O–H groups in total. The molecule has 0 aliphatic heterocycles. The molecule has 10 heavy (non-hydrogen) atoms. The predicted molar refractivity (Wildman–Crippen MR) is 36.9 cm³/mol. The van der Waals surface area contributed by atoms with E-state index in [4.69, 9.17) is 5.11 Å². The van der Waals surface area contributed by atoms with Crippen LogP contribution in [0.1, 0.15) is 0 Å². The molecule has 0 bridgehead atoms. The van der Waals surface area contributed by atoms with E-state index in [2.05, 4.69) is 10.2 Å². The zero-order valence-electron chi connectivity index (χ0n) is 5.07. The molecule has 0 spiro atoms. The van der Waals surface area contributed by atoms with Crippen molar-refractivity contribution in [3.05, 3.63) is 12.4 Å². The molecule has 0 radical (unpaired) electrons. The number of nitrogens with zero attached hydrogens (tertiary/aromatic N) is 1. The Balaban J connectivity index is 2.35. The third kappa shape index (κ3) is 2.10. The number of aliphatic carboxylic acids is 1. The summed E-state index contributed by atoms with van der Waals surface area (Å²) in [5.74, 6) is -0.731. The van der Waals surface area contributed by atoms with Gasteiger partial charge in [0.05, 0.1) is 11.9 Å². The Hall–Kier alpha value is -0.970. The van der Waals surface area contributed by atoms with Crippen LogP contribution in [0, 0.1) is 0 Å². The zero-order valence-corrected chi connectivity index (χ0v) is 5.89. The van der Waals surface area contributed by atoms with Crippen molar-refractivity contribution in [3.63, 3.8) is 0 Å². The summed E-state index contributed by atoms with van der Waals surface area (Å²) in [6, 6.07) is 0. The number of thioether (sulfide) groups is 1. The van der Waals surface area contributed by atoms with E-state index in [1.807, 2.05) is 0 Å². The van der Waals surface area contributed by atoms with Gasteiger partial charge in [0, 0.05) is 11.1 Å². The molecule has 0 saturated carbocycles. The monoisotopic (exact) mass is 158 g/mol. The summed E-state index contributed by atoms with van der Waals surface area (Å²) in [5, 5.41) is 14.5. The van der Waals surface area contributed by atoms with E-state index in [-0.39, 0.29) is 5.75 Å². The fourth-order valence-electron chi connectivity index (χ4n) is 0.463. The van der Waals surface area contributed by atoms with Crippen LogP contribution >= 0.6 is 11.8 Å². The predicted octanol–water partition coefficient (Wildman–Crippen LogP) is 0.586. The molecular weight excluding hydrogens is 152 g/mol. The maximum Gasteiger partial charge on any atom is 0.313 e. The molecule has 0 aliphatic rings. The Morgan fingerprint density at radius 1 is 1.90 bits per heavy atom. The second-order valence-electron chi connectivity index (χ2n) is 1.62. The highest BCUT2D eigenvalue weighted by Gasteiger charge is 1.98. The Morgan fingerprint density at radius 2 is 2.70 bits per heavy atom. The van der Waals surface area contributed by atoms with Crippen molar-refractivity contribution in [1.29, 1.82) is 0 Å². The van der Waals surface area contributed by atoms with Crippen molar-refractivity contribution in [1.82, 2.24) is 10.2 Å². The Labute approximate surface area is 61.6 Å². The maximum atomic E-state index is 10.0. The van der Waals surface area contributed by atoms with E-state index in [9.17, 15) is 4.79 Å². The summed E-state index contributed by atoms with van der Waals surface area (Å²) in [7, 11) is 0. The maximum absolute atomic E-state index is 10.0. The molecule has 0 fully saturated rings. The van der Waals surface area contributed by atoms with Crippen LogP contribution in [0.3, 0.4) is 0 Å². The first-order valence-corrected chi connectivity index (χ1v) is 3.61. The van der Waals surface area contributed by atoms with E-state index in [0.29, 0.717) is 0 Å². The molecule has 1 aromatic heterocycles. The molecule has 5 heteroatoms. The van der Waals surface area contributed by atoms with Gasteiger partial charge in [-0.3, -0.25) is 9.89 Å². The fraction of sp³-hybridized carbons (Fsp3) is 0.200.